The first-order chi connectivity index (χ1) is 18.0. The number of nitrogens with zero attached hydrogens (tertiary/aromatic N) is 4. The van der Waals surface area contributed by atoms with Gasteiger partial charge in [0.05, 0.1) is 34.8 Å². The van der Waals surface area contributed by atoms with E-state index < -0.39 is 0 Å². The molecule has 0 spiro atoms. The average molecular weight is 496 g/mol. The normalized spacial score (nSPS) is 16.9. The quantitative estimate of drug-likeness (QED) is 0.386. The molecule has 0 atom stereocenters. The van der Waals surface area contributed by atoms with E-state index in [1.165, 1.54) is 0 Å². The molecule has 5 aromatic rings. The highest BCUT2D eigenvalue weighted by Crippen LogP contribution is 2.44. The van der Waals surface area contributed by atoms with Gasteiger partial charge in [-0.1, -0.05) is 12.1 Å². The van der Waals surface area contributed by atoms with Crippen molar-refractivity contribution < 1.29 is 14.3 Å². The average Bonchev–Trinajstić information content (AvgIpc) is 3.54. The summed E-state index contributed by atoms with van der Waals surface area (Å²) in [5, 5.41) is 7.27. The van der Waals surface area contributed by atoms with Crippen LogP contribution in [0.1, 0.15) is 20.7 Å². The number of likely N-dealkylation sites (N-methyl/N-ethyl adjacent to an activating group) is 1. The Kier molecular flexibility index (Phi) is 4.86. The van der Waals surface area contributed by atoms with Crippen LogP contribution in [0.2, 0.25) is 0 Å². The number of aromatic nitrogens is 2. The molecule has 4 heterocycles. The molecule has 7 rings (SSSR count). The SMILES string of the molecule is COc1ccc2c3c4c(c5c(ccc6ccn(C)c65)c3n(CCN3CCN(C)CC3)c2c1)C(=O)NC4=O. The Bertz CT molecular complexity index is 1770. The maximum atomic E-state index is 13.3. The van der Waals surface area contributed by atoms with Crippen molar-refractivity contribution in [3.05, 3.63) is 53.7 Å². The van der Waals surface area contributed by atoms with Gasteiger partial charge in [0.15, 0.2) is 0 Å². The molecule has 2 aromatic heterocycles. The van der Waals surface area contributed by atoms with Gasteiger partial charge in [0.2, 0.25) is 0 Å². The van der Waals surface area contributed by atoms with Crippen molar-refractivity contribution in [3.8, 4) is 5.75 Å². The Labute approximate surface area is 214 Å². The van der Waals surface area contributed by atoms with E-state index in [4.69, 9.17) is 4.74 Å². The van der Waals surface area contributed by atoms with Crippen LogP contribution in [-0.4, -0.2) is 77.6 Å². The monoisotopic (exact) mass is 495 g/mol. The van der Waals surface area contributed by atoms with Crippen LogP contribution in [0, 0.1) is 0 Å². The van der Waals surface area contributed by atoms with E-state index in [-0.39, 0.29) is 11.8 Å². The van der Waals surface area contributed by atoms with Crippen LogP contribution in [0.25, 0.3) is 43.5 Å². The fourth-order valence-electron chi connectivity index (χ4n) is 6.31. The lowest BCUT2D eigenvalue weighted by molar-refractivity contribution is 0.0880. The van der Waals surface area contributed by atoms with E-state index in [0.717, 1.165) is 88.5 Å². The number of aryl methyl sites for hydroxylation is 1. The van der Waals surface area contributed by atoms with Crippen molar-refractivity contribution in [3.63, 3.8) is 0 Å². The molecule has 2 aliphatic heterocycles. The molecule has 3 aromatic carbocycles. The lowest BCUT2D eigenvalue weighted by Gasteiger charge is -2.32. The van der Waals surface area contributed by atoms with Gasteiger partial charge < -0.3 is 18.8 Å². The maximum Gasteiger partial charge on any atom is 0.259 e. The lowest BCUT2D eigenvalue weighted by atomic mass is 9.93. The minimum atomic E-state index is -0.327. The molecule has 2 amide bonds. The first-order valence-corrected chi connectivity index (χ1v) is 12.8. The number of imide groups is 1. The molecule has 0 aliphatic carbocycles. The number of nitrogens with one attached hydrogen (secondary N) is 1. The Morgan fingerprint density at radius 1 is 0.838 bits per heavy atom. The zero-order chi connectivity index (χ0) is 25.4. The van der Waals surface area contributed by atoms with Crippen molar-refractivity contribution >= 4 is 55.3 Å². The minimum Gasteiger partial charge on any atom is -0.497 e. The van der Waals surface area contributed by atoms with Crippen molar-refractivity contribution in [2.45, 2.75) is 6.54 Å². The number of benzene rings is 3. The molecule has 2 aliphatic rings. The third-order valence-corrected chi connectivity index (χ3v) is 8.23. The third-order valence-electron chi connectivity index (χ3n) is 8.23. The number of hydrogen-bond acceptors (Lipinski definition) is 5. The second-order valence-corrected chi connectivity index (χ2v) is 10.3. The van der Waals surface area contributed by atoms with Gasteiger partial charge in [-0.15, -0.1) is 0 Å². The number of ether oxygens (including phenoxy) is 1. The summed E-state index contributed by atoms with van der Waals surface area (Å²) < 4.78 is 9.97. The fraction of sp³-hybridized carbons (Fsp3) is 0.310. The molecule has 0 unspecified atom stereocenters. The standard InChI is InChI=1S/C29H29N5O3/c1-31-10-12-33(13-11-31)14-15-34-21-16-18(37-3)5-7-19(21)22-24-25(29(36)30-28(24)35)23-20(27(22)34)6-4-17-8-9-32(2)26(17)23/h4-9,16H,10-15H2,1-3H3,(H,30,35,36). The molecule has 37 heavy (non-hydrogen) atoms. The van der Waals surface area contributed by atoms with Crippen molar-refractivity contribution in [2.75, 3.05) is 46.9 Å². The van der Waals surface area contributed by atoms with Gasteiger partial charge in [-0.25, -0.2) is 0 Å². The Morgan fingerprint density at radius 2 is 1.54 bits per heavy atom. The van der Waals surface area contributed by atoms with E-state index in [1.54, 1.807) is 7.11 Å². The summed E-state index contributed by atoms with van der Waals surface area (Å²) >= 11 is 0. The van der Waals surface area contributed by atoms with Gasteiger partial charge >= 0.3 is 0 Å². The van der Waals surface area contributed by atoms with Gasteiger partial charge in [-0.3, -0.25) is 19.8 Å². The minimum absolute atomic E-state index is 0.326. The second kappa shape index (κ2) is 8.06. The predicted molar refractivity (Wildman–Crippen MR) is 146 cm³/mol. The van der Waals surface area contributed by atoms with Crippen LogP contribution in [0.3, 0.4) is 0 Å². The zero-order valence-corrected chi connectivity index (χ0v) is 21.3. The summed E-state index contributed by atoms with van der Waals surface area (Å²) in [6.07, 6.45) is 2.00. The molecule has 8 nitrogen and oxygen atoms in total. The van der Waals surface area contributed by atoms with Gasteiger partial charge in [-0.2, -0.15) is 0 Å². The zero-order valence-electron chi connectivity index (χ0n) is 21.3. The smallest absolute Gasteiger partial charge is 0.259 e. The molecule has 8 heteroatoms. The van der Waals surface area contributed by atoms with Gasteiger partial charge in [0.1, 0.15) is 5.75 Å². The molecular formula is C29H29N5O3. The number of hydrogen-bond donors (Lipinski definition) is 1. The van der Waals surface area contributed by atoms with Crippen LogP contribution < -0.4 is 10.1 Å². The number of amides is 2. The number of fused-ring (bicyclic) bond motifs is 10. The molecule has 1 fully saturated rings. The van der Waals surface area contributed by atoms with Crippen LogP contribution >= 0.6 is 0 Å². The van der Waals surface area contributed by atoms with Crippen molar-refractivity contribution in [1.82, 2.24) is 24.3 Å². The van der Waals surface area contributed by atoms with Gasteiger partial charge in [-0.05, 0) is 25.2 Å². The molecule has 0 bridgehead atoms. The molecule has 1 N–H and O–H groups in total. The van der Waals surface area contributed by atoms with Crippen LogP contribution in [-0.2, 0) is 13.6 Å². The predicted octanol–water partition coefficient (Wildman–Crippen LogP) is 3.58. The molecular weight excluding hydrogens is 466 g/mol. The molecule has 0 radical (unpaired) electrons. The second-order valence-electron chi connectivity index (χ2n) is 10.3. The van der Waals surface area contributed by atoms with Crippen LogP contribution in [0.5, 0.6) is 5.75 Å². The van der Waals surface area contributed by atoms with Gasteiger partial charge in [0, 0.05) is 85.5 Å². The van der Waals surface area contributed by atoms with E-state index in [1.807, 2.05) is 42.1 Å². The summed E-state index contributed by atoms with van der Waals surface area (Å²) in [5.41, 5.74) is 3.94. The Morgan fingerprint density at radius 3 is 2.27 bits per heavy atom. The van der Waals surface area contributed by atoms with Crippen LogP contribution in [0.15, 0.2) is 42.6 Å². The van der Waals surface area contributed by atoms with E-state index >= 15 is 0 Å². The maximum absolute atomic E-state index is 13.3. The first-order valence-electron chi connectivity index (χ1n) is 12.8. The van der Waals surface area contributed by atoms with E-state index in [2.05, 4.69) is 38.9 Å². The highest BCUT2D eigenvalue weighted by Gasteiger charge is 2.35. The molecule has 1 saturated heterocycles. The highest BCUT2D eigenvalue weighted by atomic mass is 16.5. The van der Waals surface area contributed by atoms with Gasteiger partial charge in [0.25, 0.3) is 11.8 Å². The van der Waals surface area contributed by atoms with E-state index in [9.17, 15) is 9.59 Å². The number of carbonyl (C=O) groups excluding carboxylic acids is 2. The van der Waals surface area contributed by atoms with Crippen molar-refractivity contribution in [1.29, 1.82) is 0 Å². The Balaban J connectivity index is 1.59. The van der Waals surface area contributed by atoms with E-state index in [0.29, 0.717) is 11.1 Å². The lowest BCUT2D eigenvalue weighted by Crippen LogP contribution is -2.45. The Hall–Kier alpha value is -3.88. The highest BCUT2D eigenvalue weighted by molar-refractivity contribution is 6.39. The topological polar surface area (TPSA) is 71.7 Å². The summed E-state index contributed by atoms with van der Waals surface area (Å²) in [4.78, 5) is 31.4. The van der Waals surface area contributed by atoms with Crippen LogP contribution in [0.4, 0.5) is 0 Å². The summed E-state index contributed by atoms with van der Waals surface area (Å²) in [7, 11) is 5.82. The first kappa shape index (κ1) is 22.3. The number of methoxy groups -OCH3 is 1. The summed E-state index contributed by atoms with van der Waals surface area (Å²) in [5.74, 6) is 0.113. The summed E-state index contributed by atoms with van der Waals surface area (Å²) in [6.45, 7) is 5.86. The van der Waals surface area contributed by atoms with Crippen molar-refractivity contribution in [2.24, 2.45) is 7.05 Å². The third kappa shape index (κ3) is 3.15. The number of piperazine rings is 1. The molecule has 188 valence electrons. The fourth-order valence-corrected chi connectivity index (χ4v) is 6.31. The largest absolute Gasteiger partial charge is 0.497 e. The summed E-state index contributed by atoms with van der Waals surface area (Å²) in [6, 6.07) is 12.3. The number of rotatable bonds is 4. The number of carbonyl (C=O) groups is 2. The molecule has 0 saturated carbocycles.